The van der Waals surface area contributed by atoms with Gasteiger partial charge in [-0.25, -0.2) is 4.98 Å². The van der Waals surface area contributed by atoms with Crippen LogP contribution in [-0.2, 0) is 6.54 Å². The molecular weight excluding hydrogens is 248 g/mol. The quantitative estimate of drug-likeness (QED) is 0.783. The van der Waals surface area contributed by atoms with E-state index < -0.39 is 0 Å². The van der Waals surface area contributed by atoms with Crippen molar-refractivity contribution in [1.29, 1.82) is 0 Å². The van der Waals surface area contributed by atoms with Crippen LogP contribution in [0.2, 0.25) is 0 Å². The van der Waals surface area contributed by atoms with Gasteiger partial charge in [-0.2, -0.15) is 0 Å². The van der Waals surface area contributed by atoms with E-state index in [-0.39, 0.29) is 0 Å². The number of methoxy groups -OCH3 is 1. The van der Waals surface area contributed by atoms with Crippen molar-refractivity contribution in [2.75, 3.05) is 13.7 Å². The summed E-state index contributed by atoms with van der Waals surface area (Å²) in [6.45, 7) is 4.12. The Bertz CT molecular complexity index is 513. The van der Waals surface area contributed by atoms with Crippen molar-refractivity contribution in [2.45, 2.75) is 25.8 Å². The lowest BCUT2D eigenvalue weighted by atomic mass is 9.98. The van der Waals surface area contributed by atoms with Gasteiger partial charge in [0.15, 0.2) is 0 Å². The molecule has 1 atom stereocenters. The molecule has 1 unspecified atom stereocenters. The van der Waals surface area contributed by atoms with Gasteiger partial charge in [0.1, 0.15) is 0 Å². The highest BCUT2D eigenvalue weighted by molar-refractivity contribution is 5.20. The van der Waals surface area contributed by atoms with Crippen LogP contribution in [0.15, 0.2) is 48.7 Å². The standard InChI is InChI=1S/C17H22N2O/c1-14(16-6-4-3-5-7-16)8-10-18-13-15-9-11-19-17(12-15)20-2/h3-7,9,11-12,14,18H,8,10,13H2,1-2H3. The minimum absolute atomic E-state index is 0.579. The van der Waals surface area contributed by atoms with E-state index in [0.29, 0.717) is 11.8 Å². The maximum Gasteiger partial charge on any atom is 0.213 e. The van der Waals surface area contributed by atoms with E-state index in [1.54, 1.807) is 13.3 Å². The SMILES string of the molecule is COc1cc(CNCCC(C)c2ccccc2)ccn1. The molecule has 0 amide bonds. The Kier molecular flexibility index (Phi) is 5.56. The van der Waals surface area contributed by atoms with Crippen LogP contribution in [0.5, 0.6) is 5.88 Å². The molecule has 0 radical (unpaired) electrons. The first-order chi connectivity index (χ1) is 9.79. The zero-order valence-corrected chi connectivity index (χ0v) is 12.2. The lowest BCUT2D eigenvalue weighted by Gasteiger charge is -2.12. The molecule has 3 nitrogen and oxygen atoms in total. The molecule has 1 aromatic heterocycles. The Morgan fingerprint density at radius 1 is 1.20 bits per heavy atom. The van der Waals surface area contributed by atoms with E-state index in [1.165, 1.54) is 11.1 Å². The molecular formula is C17H22N2O. The van der Waals surface area contributed by atoms with E-state index in [0.717, 1.165) is 19.5 Å². The minimum Gasteiger partial charge on any atom is -0.481 e. The Labute approximate surface area is 121 Å². The highest BCUT2D eigenvalue weighted by Gasteiger charge is 2.04. The van der Waals surface area contributed by atoms with Gasteiger partial charge in [0.2, 0.25) is 5.88 Å². The molecule has 0 aliphatic rings. The fourth-order valence-corrected chi connectivity index (χ4v) is 2.17. The molecule has 3 heteroatoms. The first-order valence-corrected chi connectivity index (χ1v) is 7.04. The number of nitrogens with zero attached hydrogens (tertiary/aromatic N) is 1. The fraction of sp³-hybridized carbons (Fsp3) is 0.353. The summed E-state index contributed by atoms with van der Waals surface area (Å²) in [5, 5.41) is 3.47. The highest BCUT2D eigenvalue weighted by Crippen LogP contribution is 2.17. The zero-order chi connectivity index (χ0) is 14.2. The maximum absolute atomic E-state index is 5.12. The average Bonchev–Trinajstić information content (AvgIpc) is 2.52. The smallest absolute Gasteiger partial charge is 0.213 e. The summed E-state index contributed by atoms with van der Waals surface area (Å²) in [4.78, 5) is 4.10. The van der Waals surface area contributed by atoms with Crippen LogP contribution in [0.25, 0.3) is 0 Å². The molecule has 2 rings (SSSR count). The Hall–Kier alpha value is -1.87. The van der Waals surface area contributed by atoms with Crippen LogP contribution in [0, 0.1) is 0 Å². The van der Waals surface area contributed by atoms with Crippen molar-refractivity contribution in [3.05, 3.63) is 59.8 Å². The van der Waals surface area contributed by atoms with Crippen LogP contribution in [0.4, 0.5) is 0 Å². The summed E-state index contributed by atoms with van der Waals surface area (Å²) in [5.41, 5.74) is 2.60. The van der Waals surface area contributed by atoms with Gasteiger partial charge in [0.05, 0.1) is 7.11 Å². The molecule has 0 saturated carbocycles. The largest absolute Gasteiger partial charge is 0.481 e. The van der Waals surface area contributed by atoms with Crippen molar-refractivity contribution in [2.24, 2.45) is 0 Å². The van der Waals surface area contributed by atoms with Crippen molar-refractivity contribution < 1.29 is 4.74 Å². The van der Waals surface area contributed by atoms with Gasteiger partial charge in [-0.15, -0.1) is 0 Å². The van der Waals surface area contributed by atoms with Crippen LogP contribution in [0.3, 0.4) is 0 Å². The molecule has 20 heavy (non-hydrogen) atoms. The fourth-order valence-electron chi connectivity index (χ4n) is 2.17. The first kappa shape index (κ1) is 14.5. The molecule has 1 heterocycles. The number of aromatic nitrogens is 1. The van der Waals surface area contributed by atoms with Gasteiger partial charge in [0.25, 0.3) is 0 Å². The maximum atomic E-state index is 5.12. The molecule has 106 valence electrons. The summed E-state index contributed by atoms with van der Waals surface area (Å²) in [6.07, 6.45) is 2.91. The van der Waals surface area contributed by atoms with Gasteiger partial charge >= 0.3 is 0 Å². The lowest BCUT2D eigenvalue weighted by Crippen LogP contribution is -2.16. The third-order valence-corrected chi connectivity index (χ3v) is 3.46. The summed E-state index contributed by atoms with van der Waals surface area (Å²) in [5.74, 6) is 1.25. The van der Waals surface area contributed by atoms with E-state index in [1.807, 2.05) is 12.1 Å². The van der Waals surface area contributed by atoms with E-state index >= 15 is 0 Å². The zero-order valence-electron chi connectivity index (χ0n) is 12.2. The molecule has 0 spiro atoms. The van der Waals surface area contributed by atoms with E-state index in [9.17, 15) is 0 Å². The number of nitrogens with one attached hydrogen (secondary N) is 1. The number of hydrogen-bond acceptors (Lipinski definition) is 3. The minimum atomic E-state index is 0.579. The molecule has 1 aromatic carbocycles. The second-order valence-electron chi connectivity index (χ2n) is 4.98. The van der Waals surface area contributed by atoms with Crippen molar-refractivity contribution in [3.8, 4) is 5.88 Å². The molecule has 1 N–H and O–H groups in total. The first-order valence-electron chi connectivity index (χ1n) is 7.04. The average molecular weight is 270 g/mol. The monoisotopic (exact) mass is 270 g/mol. The van der Waals surface area contributed by atoms with E-state index in [4.69, 9.17) is 4.74 Å². The Morgan fingerprint density at radius 2 is 2.00 bits per heavy atom. The van der Waals surface area contributed by atoms with Gasteiger partial charge < -0.3 is 10.1 Å². The van der Waals surface area contributed by atoms with Crippen LogP contribution >= 0.6 is 0 Å². The van der Waals surface area contributed by atoms with Crippen molar-refractivity contribution in [1.82, 2.24) is 10.3 Å². The predicted molar refractivity (Wildman–Crippen MR) is 82.0 cm³/mol. The molecule has 2 aromatic rings. The number of hydrogen-bond donors (Lipinski definition) is 1. The number of ether oxygens (including phenoxy) is 1. The van der Waals surface area contributed by atoms with Gasteiger partial charge in [-0.1, -0.05) is 37.3 Å². The summed E-state index contributed by atoms with van der Waals surface area (Å²) in [6, 6.07) is 14.6. The Balaban J connectivity index is 1.73. The van der Waals surface area contributed by atoms with Crippen molar-refractivity contribution >= 4 is 0 Å². The number of pyridine rings is 1. The third-order valence-electron chi connectivity index (χ3n) is 3.46. The van der Waals surface area contributed by atoms with E-state index in [2.05, 4.69) is 47.6 Å². The second-order valence-corrected chi connectivity index (χ2v) is 4.98. The van der Waals surface area contributed by atoms with Crippen LogP contribution < -0.4 is 10.1 Å². The Morgan fingerprint density at radius 3 is 2.75 bits per heavy atom. The third kappa shape index (κ3) is 4.35. The van der Waals surface area contributed by atoms with Gasteiger partial charge in [0, 0.05) is 18.8 Å². The second kappa shape index (κ2) is 7.65. The molecule has 0 fully saturated rings. The summed E-state index contributed by atoms with van der Waals surface area (Å²) < 4.78 is 5.12. The van der Waals surface area contributed by atoms with Gasteiger partial charge in [-0.3, -0.25) is 0 Å². The normalized spacial score (nSPS) is 12.1. The highest BCUT2D eigenvalue weighted by atomic mass is 16.5. The van der Waals surface area contributed by atoms with Crippen LogP contribution in [0.1, 0.15) is 30.4 Å². The molecule has 0 aliphatic heterocycles. The molecule has 0 aliphatic carbocycles. The molecule has 0 saturated heterocycles. The number of rotatable bonds is 7. The lowest BCUT2D eigenvalue weighted by molar-refractivity contribution is 0.397. The predicted octanol–water partition coefficient (Wildman–Crippen LogP) is 3.37. The number of benzene rings is 1. The van der Waals surface area contributed by atoms with Crippen molar-refractivity contribution in [3.63, 3.8) is 0 Å². The topological polar surface area (TPSA) is 34.1 Å². The van der Waals surface area contributed by atoms with Crippen LogP contribution in [-0.4, -0.2) is 18.6 Å². The molecule has 0 bridgehead atoms. The summed E-state index contributed by atoms with van der Waals surface area (Å²) in [7, 11) is 1.64. The van der Waals surface area contributed by atoms with Gasteiger partial charge in [-0.05, 0) is 36.1 Å². The summed E-state index contributed by atoms with van der Waals surface area (Å²) >= 11 is 0.